The summed E-state index contributed by atoms with van der Waals surface area (Å²) >= 11 is 0. The Morgan fingerprint density at radius 3 is 3.00 bits per heavy atom. The molecule has 3 N–H and O–H groups in total. The van der Waals surface area contributed by atoms with Gasteiger partial charge in [0.25, 0.3) is 0 Å². The maximum Gasteiger partial charge on any atom is 0.223 e. The van der Waals surface area contributed by atoms with Gasteiger partial charge in [-0.05, 0) is 0 Å². The van der Waals surface area contributed by atoms with Gasteiger partial charge in [0, 0.05) is 13.1 Å². The zero-order valence-corrected chi connectivity index (χ0v) is 6.74. The third-order valence-electron chi connectivity index (χ3n) is 1.34. The topological polar surface area (TPSA) is 80.9 Å². The van der Waals surface area contributed by atoms with Crippen LogP contribution in [0.2, 0.25) is 0 Å². The number of aromatic nitrogens is 2. The SMILES string of the molecule is CNc1cc(CC(N)=O)ncn1. The maximum atomic E-state index is 10.5. The number of rotatable bonds is 3. The van der Waals surface area contributed by atoms with Gasteiger partial charge in [-0.2, -0.15) is 0 Å². The van der Waals surface area contributed by atoms with E-state index in [0.29, 0.717) is 11.5 Å². The quantitative estimate of drug-likeness (QED) is 0.637. The van der Waals surface area contributed by atoms with Crippen molar-refractivity contribution in [1.82, 2.24) is 9.97 Å². The molecule has 64 valence electrons. The van der Waals surface area contributed by atoms with Crippen molar-refractivity contribution in [2.75, 3.05) is 12.4 Å². The van der Waals surface area contributed by atoms with Crippen LogP contribution in [0.25, 0.3) is 0 Å². The molecule has 12 heavy (non-hydrogen) atoms. The van der Waals surface area contributed by atoms with Gasteiger partial charge in [-0.1, -0.05) is 0 Å². The van der Waals surface area contributed by atoms with Crippen LogP contribution in [0.15, 0.2) is 12.4 Å². The van der Waals surface area contributed by atoms with Gasteiger partial charge in [-0.15, -0.1) is 0 Å². The van der Waals surface area contributed by atoms with Gasteiger partial charge in [-0.3, -0.25) is 4.79 Å². The number of primary amides is 1. The van der Waals surface area contributed by atoms with Crippen molar-refractivity contribution >= 4 is 11.7 Å². The van der Waals surface area contributed by atoms with Crippen LogP contribution in [0.3, 0.4) is 0 Å². The molecule has 0 radical (unpaired) electrons. The molecule has 1 aromatic rings. The Morgan fingerprint density at radius 2 is 2.42 bits per heavy atom. The zero-order valence-electron chi connectivity index (χ0n) is 6.74. The van der Waals surface area contributed by atoms with Crippen LogP contribution in [0.4, 0.5) is 5.82 Å². The van der Waals surface area contributed by atoms with Gasteiger partial charge in [-0.25, -0.2) is 9.97 Å². The predicted molar refractivity (Wildman–Crippen MR) is 44.5 cm³/mol. The van der Waals surface area contributed by atoms with E-state index in [2.05, 4.69) is 15.3 Å². The molecule has 1 heterocycles. The Bertz CT molecular complexity index is 286. The third-order valence-corrected chi connectivity index (χ3v) is 1.34. The minimum absolute atomic E-state index is 0.150. The Kier molecular flexibility index (Phi) is 2.57. The molecule has 1 aromatic heterocycles. The summed E-state index contributed by atoms with van der Waals surface area (Å²) in [4.78, 5) is 18.3. The minimum Gasteiger partial charge on any atom is -0.373 e. The highest BCUT2D eigenvalue weighted by molar-refractivity contribution is 5.76. The number of nitrogens with zero attached hydrogens (tertiary/aromatic N) is 2. The summed E-state index contributed by atoms with van der Waals surface area (Å²) in [5.74, 6) is 0.289. The van der Waals surface area contributed by atoms with Crippen LogP contribution >= 0.6 is 0 Å². The van der Waals surface area contributed by atoms with E-state index in [-0.39, 0.29) is 6.42 Å². The molecule has 5 heteroatoms. The molecule has 0 spiro atoms. The van der Waals surface area contributed by atoms with Gasteiger partial charge >= 0.3 is 0 Å². The molecule has 0 saturated carbocycles. The average molecular weight is 166 g/mol. The first-order valence-electron chi connectivity index (χ1n) is 3.49. The van der Waals surface area contributed by atoms with Crippen LogP contribution in [-0.4, -0.2) is 22.9 Å². The second-order valence-electron chi connectivity index (χ2n) is 2.29. The predicted octanol–water partition coefficient (Wildman–Crippen LogP) is -0.454. The van der Waals surface area contributed by atoms with Crippen molar-refractivity contribution < 1.29 is 4.79 Å². The summed E-state index contributed by atoms with van der Waals surface area (Å²) in [7, 11) is 1.75. The number of carbonyl (C=O) groups excluding carboxylic acids is 1. The molecule has 0 atom stereocenters. The fraction of sp³-hybridized carbons (Fsp3) is 0.286. The van der Waals surface area contributed by atoms with E-state index in [0.717, 1.165) is 0 Å². The lowest BCUT2D eigenvalue weighted by molar-refractivity contribution is -0.117. The van der Waals surface area contributed by atoms with Crippen molar-refractivity contribution in [3.63, 3.8) is 0 Å². The van der Waals surface area contributed by atoms with Gasteiger partial charge < -0.3 is 11.1 Å². The van der Waals surface area contributed by atoms with Crippen molar-refractivity contribution in [3.8, 4) is 0 Å². The number of hydrogen-bond donors (Lipinski definition) is 2. The molecule has 0 unspecified atom stereocenters. The summed E-state index contributed by atoms with van der Waals surface area (Å²) in [5, 5.41) is 2.84. The van der Waals surface area contributed by atoms with E-state index in [9.17, 15) is 4.79 Å². The first-order chi connectivity index (χ1) is 5.72. The molecular weight excluding hydrogens is 156 g/mol. The molecule has 0 fully saturated rings. The molecule has 0 aliphatic rings. The lowest BCUT2D eigenvalue weighted by Gasteiger charge is -1.99. The molecule has 0 aliphatic carbocycles. The lowest BCUT2D eigenvalue weighted by atomic mass is 10.3. The van der Waals surface area contributed by atoms with Gasteiger partial charge in [0.15, 0.2) is 0 Å². The number of amides is 1. The van der Waals surface area contributed by atoms with Crippen molar-refractivity contribution in [3.05, 3.63) is 18.1 Å². The molecule has 1 rings (SSSR count). The number of nitrogens with two attached hydrogens (primary N) is 1. The number of anilines is 1. The molecule has 5 nitrogen and oxygen atoms in total. The summed E-state index contributed by atoms with van der Waals surface area (Å²) in [6.07, 6.45) is 1.54. The Balaban J connectivity index is 2.79. The van der Waals surface area contributed by atoms with Crippen LogP contribution in [0.5, 0.6) is 0 Å². The smallest absolute Gasteiger partial charge is 0.223 e. The van der Waals surface area contributed by atoms with Crippen molar-refractivity contribution in [1.29, 1.82) is 0 Å². The Hall–Kier alpha value is -1.65. The first-order valence-corrected chi connectivity index (χ1v) is 3.49. The number of nitrogens with one attached hydrogen (secondary N) is 1. The minimum atomic E-state index is -0.393. The fourth-order valence-corrected chi connectivity index (χ4v) is 0.809. The second kappa shape index (κ2) is 3.66. The normalized spacial score (nSPS) is 9.42. The van der Waals surface area contributed by atoms with Crippen LogP contribution in [0, 0.1) is 0 Å². The summed E-state index contributed by atoms with van der Waals surface area (Å²) < 4.78 is 0. The third kappa shape index (κ3) is 2.19. The zero-order chi connectivity index (χ0) is 8.97. The van der Waals surface area contributed by atoms with E-state index >= 15 is 0 Å². The summed E-state index contributed by atoms with van der Waals surface area (Å²) in [6.45, 7) is 0. The average Bonchev–Trinajstić information content (AvgIpc) is 2.03. The van der Waals surface area contributed by atoms with Gasteiger partial charge in [0.2, 0.25) is 5.91 Å². The van der Waals surface area contributed by atoms with Crippen molar-refractivity contribution in [2.24, 2.45) is 5.73 Å². The second-order valence-corrected chi connectivity index (χ2v) is 2.29. The number of carbonyl (C=O) groups is 1. The Labute approximate surface area is 70.0 Å². The lowest BCUT2D eigenvalue weighted by Crippen LogP contribution is -2.14. The van der Waals surface area contributed by atoms with E-state index in [1.165, 1.54) is 6.33 Å². The maximum absolute atomic E-state index is 10.5. The highest BCUT2D eigenvalue weighted by atomic mass is 16.1. The highest BCUT2D eigenvalue weighted by Crippen LogP contribution is 2.02. The largest absolute Gasteiger partial charge is 0.373 e. The van der Waals surface area contributed by atoms with E-state index in [4.69, 9.17) is 5.73 Å². The molecule has 0 saturated heterocycles. The number of hydrogen-bond acceptors (Lipinski definition) is 4. The molecule has 0 aromatic carbocycles. The summed E-state index contributed by atoms with van der Waals surface area (Å²) in [5.41, 5.74) is 5.62. The first kappa shape index (κ1) is 8.45. The van der Waals surface area contributed by atoms with Crippen LogP contribution < -0.4 is 11.1 Å². The van der Waals surface area contributed by atoms with E-state index < -0.39 is 5.91 Å². The van der Waals surface area contributed by atoms with Crippen molar-refractivity contribution in [2.45, 2.75) is 6.42 Å². The van der Waals surface area contributed by atoms with Gasteiger partial charge in [0.1, 0.15) is 12.1 Å². The monoisotopic (exact) mass is 166 g/mol. The van der Waals surface area contributed by atoms with E-state index in [1.54, 1.807) is 13.1 Å². The molecule has 0 aliphatic heterocycles. The highest BCUT2D eigenvalue weighted by Gasteiger charge is 2.00. The molecular formula is C7H10N4O. The van der Waals surface area contributed by atoms with E-state index in [1.807, 2.05) is 0 Å². The fourth-order valence-electron chi connectivity index (χ4n) is 0.809. The molecule has 1 amide bonds. The summed E-state index contributed by atoms with van der Waals surface area (Å²) in [6, 6.07) is 1.69. The molecule has 0 bridgehead atoms. The Morgan fingerprint density at radius 1 is 1.67 bits per heavy atom. The van der Waals surface area contributed by atoms with Crippen LogP contribution in [0.1, 0.15) is 5.69 Å². The van der Waals surface area contributed by atoms with Gasteiger partial charge in [0.05, 0.1) is 12.1 Å². The van der Waals surface area contributed by atoms with Crippen LogP contribution in [-0.2, 0) is 11.2 Å². The standard InChI is InChI=1S/C7H10N4O/c1-9-7-3-5(2-6(8)12)10-4-11-7/h3-4H,2H2,1H3,(H2,8,12)(H,9,10,11).